The maximum atomic E-state index is 12.3. The second-order valence-electron chi connectivity index (χ2n) is 6.88. The Balaban J connectivity index is 1.28. The molecule has 4 rings (SSSR count). The van der Waals surface area contributed by atoms with Crippen LogP contribution in [0, 0.1) is 6.92 Å². The van der Waals surface area contributed by atoms with Gasteiger partial charge in [0.15, 0.2) is 16.6 Å². The average molecular weight is 452 g/mol. The number of nitrogens with one attached hydrogen (secondary N) is 3. The molecule has 1 aliphatic heterocycles. The van der Waals surface area contributed by atoms with E-state index in [-0.39, 0.29) is 18.5 Å². The van der Waals surface area contributed by atoms with Crippen LogP contribution in [0.25, 0.3) is 0 Å². The fraction of sp³-hybridized carbons (Fsp3) is 0.130. The molecule has 0 unspecified atom stereocenters. The number of hydrogen-bond acceptors (Lipinski definition) is 5. The molecule has 0 saturated carbocycles. The highest BCUT2D eigenvalue weighted by molar-refractivity contribution is 8.00. The third kappa shape index (κ3) is 5.90. The summed E-state index contributed by atoms with van der Waals surface area (Å²) in [4.78, 5) is 13.3. The number of anilines is 3. The van der Waals surface area contributed by atoms with Crippen molar-refractivity contribution in [1.82, 2.24) is 0 Å². The monoisotopic (exact) mass is 451 g/mol. The third-order valence-corrected chi connectivity index (χ3v) is 5.63. The Bertz CT molecular complexity index is 1100. The largest absolute Gasteiger partial charge is 0.454 e. The zero-order valence-corrected chi connectivity index (χ0v) is 18.4. The molecule has 0 aromatic heterocycles. The van der Waals surface area contributed by atoms with Gasteiger partial charge < -0.3 is 25.4 Å². The highest BCUT2D eigenvalue weighted by Crippen LogP contribution is 2.34. The number of benzene rings is 3. The summed E-state index contributed by atoms with van der Waals surface area (Å²) in [7, 11) is 0. The maximum Gasteiger partial charge on any atom is 0.234 e. The Morgan fingerprint density at radius 2 is 1.61 bits per heavy atom. The molecule has 3 aromatic rings. The highest BCUT2D eigenvalue weighted by Gasteiger charge is 2.14. The lowest BCUT2D eigenvalue weighted by atomic mass is 10.2. The van der Waals surface area contributed by atoms with Gasteiger partial charge in [-0.25, -0.2) is 0 Å². The van der Waals surface area contributed by atoms with Crippen LogP contribution in [0.2, 0.25) is 0 Å². The summed E-state index contributed by atoms with van der Waals surface area (Å²) < 4.78 is 10.6. The first kappa shape index (κ1) is 21.0. The number of carbonyl (C=O) groups is 1. The molecule has 0 radical (unpaired) electrons. The van der Waals surface area contributed by atoms with E-state index >= 15 is 0 Å². The van der Waals surface area contributed by atoms with E-state index in [1.54, 1.807) is 18.2 Å². The van der Waals surface area contributed by atoms with Crippen molar-refractivity contribution in [2.45, 2.75) is 11.8 Å². The first-order valence-corrected chi connectivity index (χ1v) is 11.0. The van der Waals surface area contributed by atoms with Crippen LogP contribution < -0.4 is 25.4 Å². The van der Waals surface area contributed by atoms with Crippen LogP contribution in [0.15, 0.2) is 71.6 Å². The van der Waals surface area contributed by atoms with Gasteiger partial charge in [-0.05, 0) is 61.6 Å². The van der Waals surface area contributed by atoms with Crippen LogP contribution in [0.3, 0.4) is 0 Å². The molecular formula is C23H21N3O3S2. The highest BCUT2D eigenvalue weighted by atomic mass is 32.2. The zero-order valence-electron chi connectivity index (χ0n) is 16.8. The number of rotatable bonds is 6. The smallest absolute Gasteiger partial charge is 0.234 e. The van der Waals surface area contributed by atoms with Crippen molar-refractivity contribution in [2.75, 3.05) is 28.5 Å². The molecule has 158 valence electrons. The number of fused-ring (bicyclic) bond motifs is 1. The fourth-order valence-electron chi connectivity index (χ4n) is 2.91. The van der Waals surface area contributed by atoms with E-state index in [0.29, 0.717) is 22.3 Å². The predicted octanol–water partition coefficient (Wildman–Crippen LogP) is 5.26. The zero-order chi connectivity index (χ0) is 21.6. The van der Waals surface area contributed by atoms with Crippen molar-refractivity contribution in [2.24, 2.45) is 0 Å². The van der Waals surface area contributed by atoms with Crippen LogP contribution in [0.4, 0.5) is 17.1 Å². The van der Waals surface area contributed by atoms with Gasteiger partial charge in [0.05, 0.1) is 5.75 Å². The fourth-order valence-corrected chi connectivity index (χ4v) is 3.90. The van der Waals surface area contributed by atoms with Crippen LogP contribution in [-0.2, 0) is 4.79 Å². The van der Waals surface area contributed by atoms with E-state index in [1.807, 2.05) is 55.5 Å². The Morgan fingerprint density at radius 3 is 2.45 bits per heavy atom. The van der Waals surface area contributed by atoms with E-state index in [4.69, 9.17) is 21.7 Å². The molecule has 1 aliphatic rings. The summed E-state index contributed by atoms with van der Waals surface area (Å²) in [5.74, 6) is 1.51. The molecule has 0 fully saturated rings. The van der Waals surface area contributed by atoms with E-state index in [1.165, 1.54) is 17.3 Å². The quantitative estimate of drug-likeness (QED) is 0.349. The number of carbonyl (C=O) groups excluding carboxylic acids is 1. The Morgan fingerprint density at radius 1 is 0.903 bits per heavy atom. The Hall–Kier alpha value is -3.23. The van der Waals surface area contributed by atoms with Crippen molar-refractivity contribution in [3.63, 3.8) is 0 Å². The van der Waals surface area contributed by atoms with Gasteiger partial charge in [-0.3, -0.25) is 4.79 Å². The lowest BCUT2D eigenvalue weighted by Crippen LogP contribution is -2.19. The topological polar surface area (TPSA) is 71.6 Å². The number of thiocarbonyl (C=S) groups is 1. The summed E-state index contributed by atoms with van der Waals surface area (Å²) >= 11 is 6.84. The van der Waals surface area contributed by atoms with Gasteiger partial charge in [-0.15, -0.1) is 11.8 Å². The van der Waals surface area contributed by atoms with E-state index in [9.17, 15) is 4.79 Å². The molecule has 3 N–H and O–H groups in total. The molecule has 0 spiro atoms. The molecule has 0 saturated heterocycles. The van der Waals surface area contributed by atoms with E-state index < -0.39 is 0 Å². The molecule has 1 amide bonds. The maximum absolute atomic E-state index is 12.3. The molecule has 31 heavy (non-hydrogen) atoms. The molecule has 8 heteroatoms. The summed E-state index contributed by atoms with van der Waals surface area (Å²) in [5, 5.41) is 9.72. The SMILES string of the molecule is Cc1ccc(NC(=S)Nc2cccc(SCC(=O)Nc3ccc4c(c3)OCO4)c2)cc1. The van der Waals surface area contributed by atoms with Gasteiger partial charge in [0, 0.05) is 28.0 Å². The Kier molecular flexibility index (Phi) is 6.59. The summed E-state index contributed by atoms with van der Waals surface area (Å²) in [6.07, 6.45) is 0. The third-order valence-electron chi connectivity index (χ3n) is 4.43. The second kappa shape index (κ2) is 9.72. The van der Waals surface area contributed by atoms with Gasteiger partial charge in [0.1, 0.15) is 0 Å². The van der Waals surface area contributed by atoms with Crippen molar-refractivity contribution in [3.05, 3.63) is 72.3 Å². The molecule has 3 aromatic carbocycles. The van der Waals surface area contributed by atoms with Crippen LogP contribution >= 0.6 is 24.0 Å². The average Bonchev–Trinajstić information content (AvgIpc) is 3.22. The minimum atomic E-state index is -0.0983. The normalized spacial score (nSPS) is 11.6. The summed E-state index contributed by atoms with van der Waals surface area (Å²) in [6.45, 7) is 2.25. The van der Waals surface area contributed by atoms with E-state index in [2.05, 4.69) is 16.0 Å². The number of thioether (sulfide) groups is 1. The number of hydrogen-bond donors (Lipinski definition) is 3. The Labute approximate surface area is 190 Å². The molecule has 6 nitrogen and oxygen atoms in total. The lowest BCUT2D eigenvalue weighted by Gasteiger charge is -2.12. The van der Waals surface area contributed by atoms with Gasteiger partial charge in [0.25, 0.3) is 0 Å². The number of ether oxygens (including phenoxy) is 2. The van der Waals surface area contributed by atoms with Crippen molar-refractivity contribution in [1.29, 1.82) is 0 Å². The van der Waals surface area contributed by atoms with Gasteiger partial charge in [0.2, 0.25) is 12.7 Å². The minimum absolute atomic E-state index is 0.0983. The lowest BCUT2D eigenvalue weighted by molar-refractivity contribution is -0.113. The van der Waals surface area contributed by atoms with Crippen molar-refractivity contribution in [3.8, 4) is 11.5 Å². The minimum Gasteiger partial charge on any atom is -0.454 e. The standard InChI is InChI=1S/C23H21N3O3S2/c1-15-5-7-16(8-6-15)25-23(30)26-17-3-2-4-19(11-17)31-13-22(27)24-18-9-10-20-21(12-18)29-14-28-20/h2-12H,13-14H2,1H3,(H,24,27)(H2,25,26,30). The van der Waals surface area contributed by atoms with Gasteiger partial charge >= 0.3 is 0 Å². The second-order valence-corrected chi connectivity index (χ2v) is 8.33. The van der Waals surface area contributed by atoms with Crippen molar-refractivity contribution >= 4 is 52.1 Å². The number of amides is 1. The predicted molar refractivity (Wildman–Crippen MR) is 129 cm³/mol. The van der Waals surface area contributed by atoms with Crippen LogP contribution in [-0.4, -0.2) is 23.6 Å². The van der Waals surface area contributed by atoms with E-state index in [0.717, 1.165) is 16.3 Å². The van der Waals surface area contributed by atoms with Crippen LogP contribution in [0.5, 0.6) is 11.5 Å². The van der Waals surface area contributed by atoms with Gasteiger partial charge in [-0.2, -0.15) is 0 Å². The summed E-state index contributed by atoms with van der Waals surface area (Å²) in [6, 6.07) is 21.1. The van der Waals surface area contributed by atoms with Gasteiger partial charge in [-0.1, -0.05) is 23.8 Å². The molecule has 0 aliphatic carbocycles. The molecular weight excluding hydrogens is 430 g/mol. The number of aryl methyl sites for hydroxylation is 1. The first-order chi connectivity index (χ1) is 15.0. The van der Waals surface area contributed by atoms with Crippen molar-refractivity contribution < 1.29 is 14.3 Å². The van der Waals surface area contributed by atoms with Crippen LogP contribution in [0.1, 0.15) is 5.56 Å². The molecule has 0 bridgehead atoms. The molecule has 0 atom stereocenters. The summed E-state index contributed by atoms with van der Waals surface area (Å²) in [5.41, 5.74) is 3.65. The molecule has 1 heterocycles. The first-order valence-electron chi connectivity index (χ1n) is 9.62.